The van der Waals surface area contributed by atoms with Crippen molar-refractivity contribution >= 4 is 23.2 Å². The van der Waals surface area contributed by atoms with Gasteiger partial charge in [0.15, 0.2) is 0 Å². The van der Waals surface area contributed by atoms with Crippen LogP contribution in [0.3, 0.4) is 0 Å². The van der Waals surface area contributed by atoms with Crippen LogP contribution in [0.25, 0.3) is 0 Å². The molecule has 0 unspecified atom stereocenters. The van der Waals surface area contributed by atoms with Gasteiger partial charge >= 0.3 is 0 Å². The lowest BCUT2D eigenvalue weighted by atomic mass is 10.2. The number of phenols is 1. The van der Waals surface area contributed by atoms with Crippen LogP contribution in [0, 0.1) is 0 Å². The number of carbonyl (C=O) groups is 1. The molecule has 0 aliphatic heterocycles. The number of aromatic hydroxyl groups is 1. The van der Waals surface area contributed by atoms with E-state index in [1.807, 2.05) is 11.5 Å². The molecule has 2 aromatic rings. The lowest BCUT2D eigenvalue weighted by molar-refractivity contribution is 0.0979. The van der Waals surface area contributed by atoms with Gasteiger partial charge in [-0.05, 0) is 31.5 Å². The molecule has 0 fully saturated rings. The van der Waals surface area contributed by atoms with E-state index < -0.39 is 0 Å². The Bertz CT molecular complexity index is 637. The minimum Gasteiger partial charge on any atom is -0.508 e. The summed E-state index contributed by atoms with van der Waals surface area (Å²) in [4.78, 5) is 14.4. The molecule has 1 N–H and O–H groups in total. The second kappa shape index (κ2) is 6.68. The lowest BCUT2D eigenvalue weighted by Gasteiger charge is -2.22. The van der Waals surface area contributed by atoms with E-state index in [1.54, 1.807) is 41.4 Å². The van der Waals surface area contributed by atoms with Crippen molar-refractivity contribution in [3.8, 4) is 5.75 Å². The molecule has 112 valence electrons. The Morgan fingerprint density at radius 1 is 1.33 bits per heavy atom. The Labute approximate surface area is 129 Å². The van der Waals surface area contributed by atoms with Crippen LogP contribution in [0.1, 0.15) is 30.8 Å². The highest BCUT2D eigenvalue weighted by atomic mass is 35.5. The summed E-state index contributed by atoms with van der Waals surface area (Å²) >= 11 is 6.03. The van der Waals surface area contributed by atoms with Gasteiger partial charge in [0.2, 0.25) is 0 Å². The number of nitrogens with zero attached hydrogens (tertiary/aromatic N) is 2. The Hall–Kier alpha value is -1.94. The van der Waals surface area contributed by atoms with Crippen molar-refractivity contribution in [1.29, 1.82) is 0 Å². The van der Waals surface area contributed by atoms with Gasteiger partial charge in [0, 0.05) is 31.0 Å². The van der Waals surface area contributed by atoms with Gasteiger partial charge in [-0.1, -0.05) is 24.6 Å². The van der Waals surface area contributed by atoms with Crippen molar-refractivity contribution in [2.45, 2.75) is 26.8 Å². The zero-order chi connectivity index (χ0) is 15.4. The molecule has 0 saturated carbocycles. The molecule has 21 heavy (non-hydrogen) atoms. The van der Waals surface area contributed by atoms with E-state index in [1.165, 1.54) is 0 Å². The molecule has 1 aromatic heterocycles. The predicted octanol–water partition coefficient (Wildman–Crippen LogP) is 3.92. The quantitative estimate of drug-likeness (QED) is 0.910. The second-order valence-electron chi connectivity index (χ2n) is 4.81. The van der Waals surface area contributed by atoms with Gasteiger partial charge in [-0.15, -0.1) is 0 Å². The maximum atomic E-state index is 12.8. The fourth-order valence-electron chi connectivity index (χ4n) is 2.32. The molecule has 0 atom stereocenters. The number of hydrogen-bond acceptors (Lipinski definition) is 2. The molecule has 0 bridgehead atoms. The van der Waals surface area contributed by atoms with Crippen LogP contribution in [0.2, 0.25) is 5.02 Å². The van der Waals surface area contributed by atoms with E-state index in [0.29, 0.717) is 22.9 Å². The fourth-order valence-corrected chi connectivity index (χ4v) is 2.54. The summed E-state index contributed by atoms with van der Waals surface area (Å²) in [6, 6.07) is 8.37. The van der Waals surface area contributed by atoms with Crippen LogP contribution >= 0.6 is 11.6 Å². The van der Waals surface area contributed by atoms with E-state index in [9.17, 15) is 9.90 Å². The number of halogens is 1. The summed E-state index contributed by atoms with van der Waals surface area (Å²) < 4.78 is 1.87. The standard InChI is InChI=1S/C16H19ClN2O2/c1-3-8-18-11-12(17)9-15(18)16(21)19(4-2)13-6-5-7-14(20)10-13/h5-7,9-11,20H,3-4,8H2,1-2H3. The molecule has 0 aliphatic carbocycles. The Balaban J connectivity index is 2.36. The topological polar surface area (TPSA) is 45.5 Å². The van der Waals surface area contributed by atoms with Crippen molar-refractivity contribution in [3.05, 3.63) is 47.2 Å². The summed E-state index contributed by atoms with van der Waals surface area (Å²) in [7, 11) is 0. The highest BCUT2D eigenvalue weighted by Gasteiger charge is 2.20. The normalized spacial score (nSPS) is 10.6. The van der Waals surface area contributed by atoms with Crippen LogP contribution < -0.4 is 4.90 Å². The van der Waals surface area contributed by atoms with E-state index in [4.69, 9.17) is 11.6 Å². The molecular formula is C16H19ClN2O2. The Morgan fingerprint density at radius 3 is 2.71 bits per heavy atom. The van der Waals surface area contributed by atoms with E-state index in [2.05, 4.69) is 6.92 Å². The molecule has 1 aromatic carbocycles. The zero-order valence-electron chi connectivity index (χ0n) is 12.2. The van der Waals surface area contributed by atoms with E-state index in [-0.39, 0.29) is 11.7 Å². The smallest absolute Gasteiger partial charge is 0.274 e. The SMILES string of the molecule is CCCn1cc(Cl)cc1C(=O)N(CC)c1cccc(O)c1. The first-order valence-corrected chi connectivity index (χ1v) is 7.41. The van der Waals surface area contributed by atoms with Gasteiger partial charge in [-0.3, -0.25) is 4.79 Å². The number of rotatable bonds is 5. The number of aryl methyl sites for hydroxylation is 1. The van der Waals surface area contributed by atoms with Crippen LogP contribution in [0.5, 0.6) is 5.75 Å². The van der Waals surface area contributed by atoms with Gasteiger partial charge in [-0.2, -0.15) is 0 Å². The van der Waals surface area contributed by atoms with Gasteiger partial charge < -0.3 is 14.6 Å². The van der Waals surface area contributed by atoms with E-state index in [0.717, 1.165) is 13.0 Å². The maximum Gasteiger partial charge on any atom is 0.274 e. The third-order valence-corrected chi connectivity index (χ3v) is 3.46. The zero-order valence-corrected chi connectivity index (χ0v) is 13.0. The Morgan fingerprint density at radius 2 is 2.10 bits per heavy atom. The summed E-state index contributed by atoms with van der Waals surface area (Å²) in [5.74, 6) is 0.0178. The van der Waals surface area contributed by atoms with Gasteiger partial charge in [-0.25, -0.2) is 0 Å². The number of aromatic nitrogens is 1. The van der Waals surface area contributed by atoms with Crippen LogP contribution in [-0.2, 0) is 6.54 Å². The van der Waals surface area contributed by atoms with Crippen molar-refractivity contribution in [3.63, 3.8) is 0 Å². The Kier molecular flexibility index (Phi) is 4.91. The first-order chi connectivity index (χ1) is 10.1. The summed E-state index contributed by atoms with van der Waals surface area (Å²) in [5, 5.41) is 10.1. The predicted molar refractivity (Wildman–Crippen MR) is 85.2 cm³/mol. The first kappa shape index (κ1) is 15.4. The molecule has 0 saturated heterocycles. The third-order valence-electron chi connectivity index (χ3n) is 3.25. The minimum atomic E-state index is -0.122. The average molecular weight is 307 g/mol. The minimum absolute atomic E-state index is 0.122. The van der Waals surface area contributed by atoms with E-state index >= 15 is 0 Å². The van der Waals surface area contributed by atoms with Crippen molar-refractivity contribution < 1.29 is 9.90 Å². The second-order valence-corrected chi connectivity index (χ2v) is 5.24. The highest BCUT2D eigenvalue weighted by Crippen LogP contribution is 2.23. The molecule has 0 aliphatic rings. The molecule has 0 radical (unpaired) electrons. The molecule has 0 spiro atoms. The number of anilines is 1. The molecule has 2 rings (SSSR count). The lowest BCUT2D eigenvalue weighted by Crippen LogP contribution is -2.32. The number of carbonyl (C=O) groups excluding carboxylic acids is 1. The van der Waals surface area contributed by atoms with Crippen LogP contribution in [0.15, 0.2) is 36.5 Å². The summed E-state index contributed by atoms with van der Waals surface area (Å²) in [5.41, 5.74) is 1.23. The monoisotopic (exact) mass is 306 g/mol. The number of benzene rings is 1. The summed E-state index contributed by atoms with van der Waals surface area (Å²) in [6.07, 6.45) is 2.69. The van der Waals surface area contributed by atoms with Crippen molar-refractivity contribution in [1.82, 2.24) is 4.57 Å². The van der Waals surface area contributed by atoms with Crippen molar-refractivity contribution in [2.24, 2.45) is 0 Å². The molecular weight excluding hydrogens is 288 g/mol. The van der Waals surface area contributed by atoms with Gasteiger partial charge in [0.1, 0.15) is 11.4 Å². The number of phenolic OH excluding ortho intramolecular Hbond substituents is 1. The molecule has 1 heterocycles. The van der Waals surface area contributed by atoms with Gasteiger partial charge in [0.05, 0.1) is 5.02 Å². The molecule has 4 nitrogen and oxygen atoms in total. The molecule has 1 amide bonds. The number of amides is 1. The average Bonchev–Trinajstić information content (AvgIpc) is 2.81. The van der Waals surface area contributed by atoms with Crippen LogP contribution in [-0.4, -0.2) is 22.1 Å². The first-order valence-electron chi connectivity index (χ1n) is 7.03. The largest absolute Gasteiger partial charge is 0.508 e. The number of hydrogen-bond donors (Lipinski definition) is 1. The maximum absolute atomic E-state index is 12.8. The van der Waals surface area contributed by atoms with Crippen LogP contribution in [0.4, 0.5) is 5.69 Å². The third kappa shape index (κ3) is 3.39. The molecule has 5 heteroatoms. The van der Waals surface area contributed by atoms with Crippen molar-refractivity contribution in [2.75, 3.05) is 11.4 Å². The fraction of sp³-hybridized carbons (Fsp3) is 0.312. The van der Waals surface area contributed by atoms with Gasteiger partial charge in [0.25, 0.3) is 5.91 Å². The summed E-state index contributed by atoms with van der Waals surface area (Å²) in [6.45, 7) is 5.20. The highest BCUT2D eigenvalue weighted by molar-refractivity contribution is 6.31.